The number of fused-ring (bicyclic) bond motifs is 1. The lowest BCUT2D eigenvalue weighted by molar-refractivity contribution is -0.125. The van der Waals surface area contributed by atoms with Gasteiger partial charge in [0.25, 0.3) is 0 Å². The quantitative estimate of drug-likeness (QED) is 0.731. The van der Waals surface area contributed by atoms with Gasteiger partial charge in [-0.15, -0.1) is 0 Å². The Morgan fingerprint density at radius 3 is 2.68 bits per heavy atom. The zero-order valence-corrected chi connectivity index (χ0v) is 17.9. The number of piperidine rings is 1. The molecular weight excluding hydrogens is 348 g/mol. The standard InChI is InChI=1S/C23H36N4O/c1-17(2)11-13-24-22(28)19-8-7-14-26(16-19)23-25-20-9-5-6-10-21(20)27(23)15-12-18(3)4/h5-6,9-10,17-19H,7-8,11-16H2,1-4H3,(H,24,28). The first-order chi connectivity index (χ1) is 13.5. The highest BCUT2D eigenvalue weighted by molar-refractivity contribution is 5.81. The molecule has 1 aliphatic rings. The Hall–Kier alpha value is -2.04. The first-order valence-corrected chi connectivity index (χ1v) is 10.9. The number of imidazole rings is 1. The van der Waals surface area contributed by atoms with Crippen LogP contribution in [0.2, 0.25) is 0 Å². The van der Waals surface area contributed by atoms with E-state index in [1.165, 1.54) is 5.52 Å². The van der Waals surface area contributed by atoms with E-state index in [-0.39, 0.29) is 11.8 Å². The average Bonchev–Trinajstić information content (AvgIpc) is 3.04. The molecule has 1 atom stereocenters. The van der Waals surface area contributed by atoms with Crippen LogP contribution in [-0.2, 0) is 11.3 Å². The van der Waals surface area contributed by atoms with Crippen molar-refractivity contribution < 1.29 is 4.79 Å². The number of benzene rings is 1. The Bertz CT molecular complexity index is 780. The number of amides is 1. The molecule has 5 heteroatoms. The summed E-state index contributed by atoms with van der Waals surface area (Å²) in [6, 6.07) is 8.38. The Balaban J connectivity index is 1.75. The number of carbonyl (C=O) groups excluding carboxylic acids is 1. The number of hydrogen-bond acceptors (Lipinski definition) is 3. The summed E-state index contributed by atoms with van der Waals surface area (Å²) in [6.07, 6.45) is 4.17. The number of hydrogen-bond donors (Lipinski definition) is 1. The maximum absolute atomic E-state index is 12.7. The monoisotopic (exact) mass is 384 g/mol. The first kappa shape index (κ1) is 20.7. The van der Waals surface area contributed by atoms with E-state index in [0.717, 1.165) is 63.3 Å². The van der Waals surface area contributed by atoms with Crippen LogP contribution in [0.25, 0.3) is 11.0 Å². The van der Waals surface area contributed by atoms with E-state index in [2.05, 4.69) is 60.7 Å². The van der Waals surface area contributed by atoms with E-state index in [1.807, 2.05) is 6.07 Å². The molecule has 2 heterocycles. The lowest BCUT2D eigenvalue weighted by Crippen LogP contribution is -2.44. The molecule has 1 aliphatic heterocycles. The van der Waals surface area contributed by atoms with E-state index >= 15 is 0 Å². The summed E-state index contributed by atoms with van der Waals surface area (Å²) in [5.41, 5.74) is 2.24. The van der Waals surface area contributed by atoms with Crippen molar-refractivity contribution in [1.29, 1.82) is 0 Å². The predicted molar refractivity (Wildman–Crippen MR) is 117 cm³/mol. The first-order valence-electron chi connectivity index (χ1n) is 10.9. The van der Waals surface area contributed by atoms with Crippen LogP contribution in [0, 0.1) is 17.8 Å². The zero-order chi connectivity index (χ0) is 20.1. The van der Waals surface area contributed by atoms with Crippen LogP contribution in [0.1, 0.15) is 53.4 Å². The van der Waals surface area contributed by atoms with Crippen LogP contribution >= 0.6 is 0 Å². The molecule has 1 saturated heterocycles. The fourth-order valence-corrected chi connectivity index (χ4v) is 3.91. The normalized spacial score (nSPS) is 17.6. The Labute approximate surface area is 169 Å². The number of rotatable bonds is 8. The number of carbonyl (C=O) groups is 1. The van der Waals surface area contributed by atoms with E-state index in [9.17, 15) is 4.79 Å². The largest absolute Gasteiger partial charge is 0.356 e. The average molecular weight is 385 g/mol. The topological polar surface area (TPSA) is 50.2 Å². The van der Waals surface area contributed by atoms with Crippen molar-refractivity contribution >= 4 is 22.9 Å². The van der Waals surface area contributed by atoms with Gasteiger partial charge in [0.2, 0.25) is 11.9 Å². The number of nitrogens with one attached hydrogen (secondary N) is 1. The highest BCUT2D eigenvalue weighted by Gasteiger charge is 2.28. The van der Waals surface area contributed by atoms with Crippen molar-refractivity contribution in [2.75, 3.05) is 24.5 Å². The van der Waals surface area contributed by atoms with Gasteiger partial charge in [0, 0.05) is 26.2 Å². The van der Waals surface area contributed by atoms with Gasteiger partial charge < -0.3 is 14.8 Å². The summed E-state index contributed by atoms with van der Waals surface area (Å²) in [5, 5.41) is 3.14. The molecule has 0 saturated carbocycles. The summed E-state index contributed by atoms with van der Waals surface area (Å²) < 4.78 is 2.36. The van der Waals surface area contributed by atoms with Crippen LogP contribution in [-0.4, -0.2) is 35.1 Å². The van der Waals surface area contributed by atoms with Crippen molar-refractivity contribution in [3.05, 3.63) is 24.3 Å². The summed E-state index contributed by atoms with van der Waals surface area (Å²) in [7, 11) is 0. The Morgan fingerprint density at radius 1 is 1.18 bits per heavy atom. The molecule has 0 aliphatic carbocycles. The summed E-state index contributed by atoms with van der Waals surface area (Å²) >= 11 is 0. The predicted octanol–water partition coefficient (Wildman–Crippen LogP) is 4.46. The van der Waals surface area contributed by atoms with Crippen LogP contribution < -0.4 is 10.2 Å². The highest BCUT2D eigenvalue weighted by Crippen LogP contribution is 2.28. The fourth-order valence-electron chi connectivity index (χ4n) is 3.91. The molecule has 154 valence electrons. The molecule has 1 N–H and O–H groups in total. The number of anilines is 1. The maximum Gasteiger partial charge on any atom is 0.224 e. The maximum atomic E-state index is 12.7. The second kappa shape index (κ2) is 9.44. The van der Waals surface area contributed by atoms with Gasteiger partial charge in [-0.25, -0.2) is 4.98 Å². The Morgan fingerprint density at radius 2 is 1.93 bits per heavy atom. The minimum Gasteiger partial charge on any atom is -0.356 e. The third kappa shape index (κ3) is 5.06. The number of para-hydroxylation sites is 2. The van der Waals surface area contributed by atoms with E-state index < -0.39 is 0 Å². The van der Waals surface area contributed by atoms with Gasteiger partial charge in [-0.2, -0.15) is 0 Å². The molecule has 2 aromatic rings. The molecular formula is C23H36N4O. The van der Waals surface area contributed by atoms with Gasteiger partial charge in [0.15, 0.2) is 0 Å². The van der Waals surface area contributed by atoms with Crippen molar-refractivity contribution in [3.63, 3.8) is 0 Å². The summed E-state index contributed by atoms with van der Waals surface area (Å²) in [4.78, 5) is 19.9. The van der Waals surface area contributed by atoms with E-state index in [1.54, 1.807) is 0 Å². The third-order valence-electron chi connectivity index (χ3n) is 5.66. The Kier molecular flexibility index (Phi) is 6.97. The zero-order valence-electron chi connectivity index (χ0n) is 17.9. The van der Waals surface area contributed by atoms with Crippen molar-refractivity contribution in [1.82, 2.24) is 14.9 Å². The molecule has 1 fully saturated rings. The van der Waals surface area contributed by atoms with Crippen molar-refractivity contribution in [2.45, 2.75) is 59.9 Å². The SMILES string of the molecule is CC(C)CCNC(=O)C1CCCN(c2nc3ccccc3n2CCC(C)C)C1. The molecule has 3 rings (SSSR count). The minimum absolute atomic E-state index is 0.0549. The lowest BCUT2D eigenvalue weighted by Gasteiger charge is -2.33. The van der Waals surface area contributed by atoms with Gasteiger partial charge in [-0.3, -0.25) is 4.79 Å². The lowest BCUT2D eigenvalue weighted by atomic mass is 9.97. The number of aryl methyl sites for hydroxylation is 1. The van der Waals surface area contributed by atoms with E-state index in [0.29, 0.717) is 11.8 Å². The van der Waals surface area contributed by atoms with Gasteiger partial charge in [-0.05, 0) is 49.7 Å². The van der Waals surface area contributed by atoms with Gasteiger partial charge in [0.05, 0.1) is 17.0 Å². The number of aromatic nitrogens is 2. The van der Waals surface area contributed by atoms with Gasteiger partial charge in [-0.1, -0.05) is 39.8 Å². The summed E-state index contributed by atoms with van der Waals surface area (Å²) in [5.74, 6) is 2.55. The third-order valence-corrected chi connectivity index (χ3v) is 5.66. The smallest absolute Gasteiger partial charge is 0.224 e. The molecule has 28 heavy (non-hydrogen) atoms. The minimum atomic E-state index is 0.0549. The molecule has 1 aromatic carbocycles. The highest BCUT2D eigenvalue weighted by atomic mass is 16.1. The molecule has 1 aromatic heterocycles. The molecule has 0 radical (unpaired) electrons. The molecule has 1 unspecified atom stereocenters. The molecule has 0 bridgehead atoms. The van der Waals surface area contributed by atoms with Gasteiger partial charge in [0.1, 0.15) is 0 Å². The van der Waals surface area contributed by atoms with Crippen molar-refractivity contribution in [2.24, 2.45) is 17.8 Å². The second-order valence-corrected chi connectivity index (χ2v) is 8.99. The van der Waals surface area contributed by atoms with Crippen LogP contribution in [0.15, 0.2) is 24.3 Å². The van der Waals surface area contributed by atoms with Crippen molar-refractivity contribution in [3.8, 4) is 0 Å². The second-order valence-electron chi connectivity index (χ2n) is 8.99. The fraction of sp³-hybridized carbons (Fsp3) is 0.652. The van der Waals surface area contributed by atoms with Crippen LogP contribution in [0.3, 0.4) is 0 Å². The summed E-state index contributed by atoms with van der Waals surface area (Å²) in [6.45, 7) is 12.4. The van der Waals surface area contributed by atoms with Gasteiger partial charge >= 0.3 is 0 Å². The number of nitrogens with zero attached hydrogens (tertiary/aromatic N) is 3. The molecule has 1 amide bonds. The van der Waals surface area contributed by atoms with Crippen LogP contribution in [0.5, 0.6) is 0 Å². The van der Waals surface area contributed by atoms with E-state index in [4.69, 9.17) is 4.98 Å². The molecule has 5 nitrogen and oxygen atoms in total. The van der Waals surface area contributed by atoms with Crippen LogP contribution in [0.4, 0.5) is 5.95 Å². The molecule has 0 spiro atoms.